The maximum absolute atomic E-state index is 12.1. The minimum absolute atomic E-state index is 0.0939. The van der Waals surface area contributed by atoms with Gasteiger partial charge in [0.25, 0.3) is 5.56 Å². The second-order valence-corrected chi connectivity index (χ2v) is 6.50. The zero-order valence-electron chi connectivity index (χ0n) is 13.7. The molecule has 0 spiro atoms. The van der Waals surface area contributed by atoms with Crippen molar-refractivity contribution in [1.29, 1.82) is 5.26 Å². The van der Waals surface area contributed by atoms with Crippen LogP contribution in [0.5, 0.6) is 5.75 Å². The van der Waals surface area contributed by atoms with Crippen LogP contribution in [-0.2, 0) is 0 Å². The molecule has 4 aromatic rings. The summed E-state index contributed by atoms with van der Waals surface area (Å²) < 4.78 is 2.31. The van der Waals surface area contributed by atoms with Crippen molar-refractivity contribution >= 4 is 34.1 Å². The molecule has 9 nitrogen and oxygen atoms in total. The van der Waals surface area contributed by atoms with Crippen molar-refractivity contribution in [2.24, 2.45) is 0 Å². The number of benzene rings is 2. The molecule has 4 rings (SSSR count). The Kier molecular flexibility index (Phi) is 4.15. The fourth-order valence-corrected chi connectivity index (χ4v) is 3.36. The smallest absolute Gasteiger partial charge is 0.349 e. The molecular weight excluding hydrogens is 407 g/mol. The van der Waals surface area contributed by atoms with E-state index in [2.05, 4.69) is 10.2 Å². The minimum Gasteiger partial charge on any atom is -0.508 e. The van der Waals surface area contributed by atoms with Crippen LogP contribution in [0.4, 0.5) is 0 Å². The van der Waals surface area contributed by atoms with Gasteiger partial charge in [-0.2, -0.15) is 15.0 Å². The molecule has 11 heteroatoms. The van der Waals surface area contributed by atoms with Gasteiger partial charge in [-0.25, -0.2) is 9.48 Å². The molecule has 0 aliphatic carbocycles. The SMILES string of the molecule is N#Cc1nn(-c2cc(Cl)c(-n3ncc4cc(O)ccc43)c(Cl)c2)c(=O)[nH]c1=O. The number of halogens is 2. The van der Waals surface area contributed by atoms with E-state index in [0.29, 0.717) is 16.6 Å². The average molecular weight is 415 g/mol. The van der Waals surface area contributed by atoms with Crippen LogP contribution in [0.25, 0.3) is 22.3 Å². The maximum Gasteiger partial charge on any atom is 0.349 e. The standard InChI is InChI=1S/C17H8Cl2N6O3/c18-11-4-9(24-17(28)22-16(27)13(6-20)23-24)5-12(19)15(11)25-14-2-1-10(26)3-8(14)7-21-25/h1-5,7,26H,(H,22,27,28). The number of H-pyrrole nitrogens is 1. The van der Waals surface area contributed by atoms with E-state index in [9.17, 15) is 14.7 Å². The zero-order valence-corrected chi connectivity index (χ0v) is 15.2. The molecule has 2 aromatic heterocycles. The molecule has 0 unspecified atom stereocenters. The highest BCUT2D eigenvalue weighted by atomic mass is 35.5. The number of nitriles is 1. The Bertz CT molecular complexity index is 1390. The molecule has 138 valence electrons. The van der Waals surface area contributed by atoms with Crippen molar-refractivity contribution in [2.75, 3.05) is 0 Å². The van der Waals surface area contributed by atoms with Crippen molar-refractivity contribution < 1.29 is 5.11 Å². The van der Waals surface area contributed by atoms with Crippen LogP contribution in [0.1, 0.15) is 5.69 Å². The molecule has 0 aliphatic rings. The van der Waals surface area contributed by atoms with Crippen LogP contribution in [0.2, 0.25) is 10.0 Å². The van der Waals surface area contributed by atoms with E-state index in [0.717, 1.165) is 4.68 Å². The molecule has 0 saturated heterocycles. The van der Waals surface area contributed by atoms with Gasteiger partial charge >= 0.3 is 5.69 Å². The minimum atomic E-state index is -0.885. The molecule has 0 saturated carbocycles. The summed E-state index contributed by atoms with van der Waals surface area (Å²) in [6.45, 7) is 0. The lowest BCUT2D eigenvalue weighted by Gasteiger charge is -2.12. The lowest BCUT2D eigenvalue weighted by molar-refractivity contribution is 0.476. The van der Waals surface area contributed by atoms with Gasteiger partial charge in [0, 0.05) is 5.39 Å². The number of nitrogens with one attached hydrogen (secondary N) is 1. The normalized spacial score (nSPS) is 10.9. The third-order valence-electron chi connectivity index (χ3n) is 3.94. The first-order valence-corrected chi connectivity index (χ1v) is 8.45. The number of nitrogens with zero attached hydrogens (tertiary/aromatic N) is 5. The predicted molar refractivity (Wildman–Crippen MR) is 101 cm³/mol. The molecule has 0 amide bonds. The lowest BCUT2D eigenvalue weighted by Crippen LogP contribution is -2.33. The molecule has 0 bridgehead atoms. The van der Waals surface area contributed by atoms with E-state index < -0.39 is 16.9 Å². The van der Waals surface area contributed by atoms with Crippen LogP contribution in [-0.4, -0.2) is 29.7 Å². The van der Waals surface area contributed by atoms with Crippen molar-refractivity contribution in [3.63, 3.8) is 0 Å². The molecular formula is C17H8Cl2N6O3. The first kappa shape index (κ1) is 17.8. The summed E-state index contributed by atoms with van der Waals surface area (Å²) in [5.41, 5.74) is -1.04. The highest BCUT2D eigenvalue weighted by molar-refractivity contribution is 6.38. The van der Waals surface area contributed by atoms with Gasteiger partial charge in [-0.05, 0) is 30.3 Å². The van der Waals surface area contributed by atoms with Gasteiger partial charge in [0.15, 0.2) is 0 Å². The first-order chi connectivity index (χ1) is 13.4. The van der Waals surface area contributed by atoms with E-state index in [1.165, 1.54) is 22.9 Å². The Morgan fingerprint density at radius 1 is 1.11 bits per heavy atom. The summed E-state index contributed by atoms with van der Waals surface area (Å²) in [5, 5.41) is 27.5. The molecule has 28 heavy (non-hydrogen) atoms. The van der Waals surface area contributed by atoms with Crippen molar-refractivity contribution in [3.05, 3.63) is 73.1 Å². The third kappa shape index (κ3) is 2.81. The third-order valence-corrected chi connectivity index (χ3v) is 4.52. The van der Waals surface area contributed by atoms with Gasteiger partial charge < -0.3 is 5.11 Å². The quantitative estimate of drug-likeness (QED) is 0.516. The Morgan fingerprint density at radius 3 is 2.50 bits per heavy atom. The molecule has 0 radical (unpaired) electrons. The lowest BCUT2D eigenvalue weighted by atomic mass is 10.2. The van der Waals surface area contributed by atoms with Crippen molar-refractivity contribution in [3.8, 4) is 23.2 Å². The largest absolute Gasteiger partial charge is 0.508 e. The fourth-order valence-electron chi connectivity index (χ4n) is 2.72. The molecule has 0 atom stereocenters. The highest BCUT2D eigenvalue weighted by Crippen LogP contribution is 2.33. The van der Waals surface area contributed by atoms with Crippen LogP contribution in [0.15, 0.2) is 46.1 Å². The fraction of sp³-hybridized carbons (Fsp3) is 0. The molecule has 0 aliphatic heterocycles. The second-order valence-electron chi connectivity index (χ2n) is 5.69. The number of hydrogen-bond donors (Lipinski definition) is 2. The Labute approximate surface area is 165 Å². The van der Waals surface area contributed by atoms with Crippen molar-refractivity contribution in [1.82, 2.24) is 24.5 Å². The molecule has 2 aromatic carbocycles. The van der Waals surface area contributed by atoms with Gasteiger partial charge in [0.1, 0.15) is 17.5 Å². The van der Waals surface area contributed by atoms with Crippen LogP contribution < -0.4 is 11.2 Å². The number of rotatable bonds is 2. The van der Waals surface area contributed by atoms with Gasteiger partial charge in [-0.3, -0.25) is 9.78 Å². The Hall–Kier alpha value is -3.61. The molecule has 2 N–H and O–H groups in total. The number of aromatic hydroxyl groups is 1. The summed E-state index contributed by atoms with van der Waals surface area (Å²) in [6, 6.07) is 9.13. The summed E-state index contributed by atoms with van der Waals surface area (Å²) in [7, 11) is 0. The second kappa shape index (κ2) is 6.53. The van der Waals surface area contributed by atoms with Crippen LogP contribution in [0.3, 0.4) is 0 Å². The Morgan fingerprint density at radius 2 is 1.82 bits per heavy atom. The maximum atomic E-state index is 12.1. The first-order valence-electron chi connectivity index (χ1n) is 7.69. The van der Waals surface area contributed by atoms with Crippen molar-refractivity contribution in [2.45, 2.75) is 0 Å². The summed E-state index contributed by atoms with van der Waals surface area (Å²) in [6.07, 6.45) is 1.54. The van der Waals surface area contributed by atoms with Gasteiger partial charge in [-0.1, -0.05) is 23.2 Å². The monoisotopic (exact) mass is 414 g/mol. The van der Waals surface area contributed by atoms with Gasteiger partial charge in [0.2, 0.25) is 5.69 Å². The predicted octanol–water partition coefficient (Wildman–Crippen LogP) is 2.14. The van der Waals surface area contributed by atoms with E-state index >= 15 is 0 Å². The Balaban J connectivity index is 1.92. The molecule has 2 heterocycles. The van der Waals surface area contributed by atoms with E-state index in [1.807, 2.05) is 4.98 Å². The van der Waals surface area contributed by atoms with E-state index in [4.69, 9.17) is 28.5 Å². The average Bonchev–Trinajstić information content (AvgIpc) is 3.04. The number of fused-ring (bicyclic) bond motifs is 1. The number of aromatic amines is 1. The van der Waals surface area contributed by atoms with E-state index in [1.54, 1.807) is 24.4 Å². The van der Waals surface area contributed by atoms with Crippen LogP contribution >= 0.6 is 23.2 Å². The number of aromatic nitrogens is 5. The number of hydrogen-bond acceptors (Lipinski definition) is 6. The number of phenols is 1. The highest BCUT2D eigenvalue weighted by Gasteiger charge is 2.17. The summed E-state index contributed by atoms with van der Waals surface area (Å²) >= 11 is 12.8. The number of phenolic OH excluding ortho intramolecular Hbond substituents is 1. The summed E-state index contributed by atoms with van der Waals surface area (Å²) in [5.74, 6) is 0.0939. The van der Waals surface area contributed by atoms with Gasteiger partial charge in [0.05, 0.1) is 27.4 Å². The van der Waals surface area contributed by atoms with Crippen LogP contribution in [0, 0.1) is 11.3 Å². The summed E-state index contributed by atoms with van der Waals surface area (Å²) in [4.78, 5) is 25.6. The van der Waals surface area contributed by atoms with Gasteiger partial charge in [-0.15, -0.1) is 5.10 Å². The zero-order chi connectivity index (χ0) is 20.0. The molecule has 0 fully saturated rings. The van der Waals surface area contributed by atoms with E-state index in [-0.39, 0.29) is 21.5 Å². The topological polar surface area (TPSA) is 130 Å².